The number of ketones is 1. The molecule has 2 rings (SSSR count). The lowest BCUT2D eigenvalue weighted by Gasteiger charge is -2.32. The summed E-state index contributed by atoms with van der Waals surface area (Å²) >= 11 is 0. The Kier molecular flexibility index (Phi) is 4.49. The van der Waals surface area contributed by atoms with Crippen LogP contribution in [0.2, 0.25) is 0 Å². The zero-order valence-electron chi connectivity index (χ0n) is 11.2. The van der Waals surface area contributed by atoms with Gasteiger partial charge < -0.3 is 5.73 Å². The highest BCUT2D eigenvalue weighted by atomic mass is 16.1. The summed E-state index contributed by atoms with van der Waals surface area (Å²) in [7, 11) is 0. The molecule has 1 aromatic carbocycles. The Morgan fingerprint density at radius 3 is 2.60 bits per heavy atom. The van der Waals surface area contributed by atoms with E-state index in [0.717, 1.165) is 25.8 Å². The number of carbonyl (C=O) groups excluding carboxylic acids is 2. The van der Waals surface area contributed by atoms with Gasteiger partial charge in [-0.25, -0.2) is 0 Å². The minimum Gasteiger partial charge on any atom is -0.368 e. The van der Waals surface area contributed by atoms with E-state index >= 15 is 0 Å². The van der Waals surface area contributed by atoms with E-state index in [9.17, 15) is 9.59 Å². The number of amides is 1. The number of rotatable bonds is 4. The normalized spacial score (nSPS) is 19.2. The van der Waals surface area contributed by atoms with Gasteiger partial charge in [-0.3, -0.25) is 14.5 Å². The summed E-state index contributed by atoms with van der Waals surface area (Å²) < 4.78 is 0. The molecule has 1 heterocycles. The number of likely N-dealkylation sites (tertiary alicyclic amines) is 1. The van der Waals surface area contributed by atoms with Crippen LogP contribution in [0.1, 0.15) is 35.2 Å². The number of nitriles is 1. The monoisotopic (exact) mass is 271 g/mol. The third kappa shape index (κ3) is 3.22. The molecule has 1 amide bonds. The van der Waals surface area contributed by atoms with Crippen LogP contribution < -0.4 is 5.73 Å². The summed E-state index contributed by atoms with van der Waals surface area (Å²) in [6, 6.07) is 8.20. The summed E-state index contributed by atoms with van der Waals surface area (Å²) in [5, 5.41) is 8.73. The first-order valence-electron chi connectivity index (χ1n) is 6.68. The van der Waals surface area contributed by atoms with Gasteiger partial charge in [0, 0.05) is 5.56 Å². The van der Waals surface area contributed by atoms with Crippen molar-refractivity contribution in [2.24, 2.45) is 5.73 Å². The van der Waals surface area contributed by atoms with Crippen molar-refractivity contribution in [2.45, 2.75) is 25.3 Å². The molecular weight excluding hydrogens is 254 g/mol. The molecule has 5 nitrogen and oxygen atoms in total. The molecule has 0 saturated carbocycles. The molecule has 1 aromatic rings. The lowest BCUT2D eigenvalue weighted by atomic mass is 10.00. The second-order valence-electron chi connectivity index (χ2n) is 5.00. The number of hydrogen-bond donors (Lipinski definition) is 1. The van der Waals surface area contributed by atoms with Crippen LogP contribution in [0.15, 0.2) is 24.3 Å². The van der Waals surface area contributed by atoms with Crippen LogP contribution in [0.5, 0.6) is 0 Å². The lowest BCUT2D eigenvalue weighted by molar-refractivity contribution is -0.124. The van der Waals surface area contributed by atoms with Crippen molar-refractivity contribution in [1.29, 1.82) is 5.26 Å². The minimum atomic E-state index is -0.364. The third-order valence-corrected chi connectivity index (χ3v) is 3.62. The Morgan fingerprint density at radius 2 is 2.00 bits per heavy atom. The Labute approximate surface area is 118 Å². The predicted octanol–water partition coefficient (Wildman–Crippen LogP) is 1.08. The first kappa shape index (κ1) is 14.2. The molecule has 104 valence electrons. The number of benzene rings is 1. The first-order chi connectivity index (χ1) is 9.61. The highest BCUT2D eigenvalue weighted by Crippen LogP contribution is 2.17. The predicted molar refractivity (Wildman–Crippen MR) is 73.9 cm³/mol. The SMILES string of the molecule is N#Cc1ccc(C(=O)CN2CCCCC2C(N)=O)cc1. The van der Waals surface area contributed by atoms with Crippen molar-refractivity contribution in [1.82, 2.24) is 4.90 Å². The van der Waals surface area contributed by atoms with Crippen LogP contribution in [0, 0.1) is 11.3 Å². The molecule has 1 aliphatic heterocycles. The fraction of sp³-hybridized carbons (Fsp3) is 0.400. The van der Waals surface area contributed by atoms with E-state index in [1.54, 1.807) is 24.3 Å². The number of hydrogen-bond acceptors (Lipinski definition) is 4. The van der Waals surface area contributed by atoms with E-state index in [2.05, 4.69) is 0 Å². The fourth-order valence-electron chi connectivity index (χ4n) is 2.51. The van der Waals surface area contributed by atoms with Gasteiger partial charge >= 0.3 is 0 Å². The van der Waals surface area contributed by atoms with Gasteiger partial charge in [0.2, 0.25) is 5.91 Å². The first-order valence-corrected chi connectivity index (χ1v) is 6.68. The molecule has 2 N–H and O–H groups in total. The fourth-order valence-corrected chi connectivity index (χ4v) is 2.51. The zero-order valence-corrected chi connectivity index (χ0v) is 11.2. The molecule has 1 saturated heterocycles. The maximum atomic E-state index is 12.2. The van der Waals surface area contributed by atoms with Gasteiger partial charge in [0.25, 0.3) is 0 Å². The lowest BCUT2D eigenvalue weighted by Crippen LogP contribution is -2.49. The van der Waals surface area contributed by atoms with Gasteiger partial charge in [0.05, 0.1) is 24.2 Å². The Bertz CT molecular complexity index is 545. The van der Waals surface area contributed by atoms with E-state index in [-0.39, 0.29) is 24.3 Å². The zero-order chi connectivity index (χ0) is 14.5. The van der Waals surface area contributed by atoms with Crippen molar-refractivity contribution < 1.29 is 9.59 Å². The summed E-state index contributed by atoms with van der Waals surface area (Å²) in [5.74, 6) is -0.417. The summed E-state index contributed by atoms with van der Waals surface area (Å²) in [5.41, 5.74) is 6.46. The Morgan fingerprint density at radius 1 is 1.30 bits per heavy atom. The van der Waals surface area contributed by atoms with Crippen molar-refractivity contribution in [3.05, 3.63) is 35.4 Å². The van der Waals surface area contributed by atoms with E-state index in [1.165, 1.54) is 0 Å². The van der Waals surface area contributed by atoms with Gasteiger partial charge in [-0.2, -0.15) is 5.26 Å². The van der Waals surface area contributed by atoms with Crippen molar-refractivity contribution in [3.8, 4) is 6.07 Å². The number of piperidine rings is 1. The molecule has 0 spiro atoms. The van der Waals surface area contributed by atoms with Gasteiger partial charge in [0.1, 0.15) is 0 Å². The molecule has 1 unspecified atom stereocenters. The molecule has 0 bridgehead atoms. The maximum Gasteiger partial charge on any atom is 0.234 e. The molecule has 0 radical (unpaired) electrons. The smallest absolute Gasteiger partial charge is 0.234 e. The van der Waals surface area contributed by atoms with Crippen LogP contribution in [0.4, 0.5) is 0 Å². The van der Waals surface area contributed by atoms with Gasteiger partial charge in [-0.15, -0.1) is 0 Å². The molecule has 1 aliphatic rings. The number of nitrogens with zero attached hydrogens (tertiary/aromatic N) is 2. The molecule has 0 aliphatic carbocycles. The quantitative estimate of drug-likeness (QED) is 0.830. The summed E-state index contributed by atoms with van der Waals surface area (Å²) in [6.45, 7) is 0.912. The Hall–Kier alpha value is -2.19. The van der Waals surface area contributed by atoms with Crippen molar-refractivity contribution in [2.75, 3.05) is 13.1 Å². The second-order valence-corrected chi connectivity index (χ2v) is 5.00. The number of primary amides is 1. The van der Waals surface area contributed by atoms with Crippen LogP contribution in [0.25, 0.3) is 0 Å². The minimum absolute atomic E-state index is 0.0531. The van der Waals surface area contributed by atoms with E-state index < -0.39 is 0 Å². The standard InChI is InChI=1S/C15H17N3O2/c16-9-11-4-6-12(7-5-11)14(19)10-18-8-2-1-3-13(18)15(17)20/h4-7,13H,1-3,8,10H2,(H2,17,20). The molecule has 1 atom stereocenters. The molecule has 0 aromatic heterocycles. The van der Waals surface area contributed by atoms with Gasteiger partial charge in [0.15, 0.2) is 5.78 Å². The topological polar surface area (TPSA) is 87.2 Å². The highest BCUT2D eigenvalue weighted by molar-refractivity contribution is 5.98. The molecule has 20 heavy (non-hydrogen) atoms. The van der Waals surface area contributed by atoms with Crippen LogP contribution >= 0.6 is 0 Å². The summed E-state index contributed by atoms with van der Waals surface area (Å²) in [4.78, 5) is 25.5. The van der Waals surface area contributed by atoms with Crippen LogP contribution in [-0.2, 0) is 4.79 Å². The Balaban J connectivity index is 2.05. The molecular formula is C15H17N3O2. The average Bonchev–Trinajstić information content (AvgIpc) is 2.47. The maximum absolute atomic E-state index is 12.2. The van der Waals surface area contributed by atoms with E-state index in [4.69, 9.17) is 11.0 Å². The van der Waals surface area contributed by atoms with Crippen LogP contribution in [-0.4, -0.2) is 35.7 Å². The van der Waals surface area contributed by atoms with Crippen LogP contribution in [0.3, 0.4) is 0 Å². The van der Waals surface area contributed by atoms with E-state index in [0.29, 0.717) is 11.1 Å². The van der Waals surface area contributed by atoms with Crippen molar-refractivity contribution >= 4 is 11.7 Å². The molecule has 1 fully saturated rings. The highest BCUT2D eigenvalue weighted by Gasteiger charge is 2.28. The number of carbonyl (C=O) groups is 2. The van der Waals surface area contributed by atoms with E-state index in [1.807, 2.05) is 11.0 Å². The number of Topliss-reactive ketones (excluding diaryl/α,β-unsaturated/α-hetero) is 1. The van der Waals surface area contributed by atoms with Gasteiger partial charge in [-0.1, -0.05) is 18.6 Å². The number of nitrogens with two attached hydrogens (primary N) is 1. The average molecular weight is 271 g/mol. The van der Waals surface area contributed by atoms with Gasteiger partial charge in [-0.05, 0) is 31.5 Å². The largest absolute Gasteiger partial charge is 0.368 e. The van der Waals surface area contributed by atoms with Crippen molar-refractivity contribution in [3.63, 3.8) is 0 Å². The molecule has 5 heteroatoms. The third-order valence-electron chi connectivity index (χ3n) is 3.62. The second kappa shape index (κ2) is 6.31. The summed E-state index contributed by atoms with van der Waals surface area (Å²) in [6.07, 6.45) is 2.66.